The average Bonchev–Trinajstić information content (AvgIpc) is 1.59. The van der Waals surface area contributed by atoms with Crippen molar-refractivity contribution in [3.8, 4) is 0 Å². The van der Waals surface area contributed by atoms with Gasteiger partial charge in [-0.3, -0.25) is 0 Å². The second-order valence-electron chi connectivity index (χ2n) is 1.08. The summed E-state index contributed by atoms with van der Waals surface area (Å²) in [6.45, 7) is 0. The van der Waals surface area contributed by atoms with E-state index in [2.05, 4.69) is 67.8 Å². The lowest BCUT2D eigenvalue weighted by atomic mass is 10.7. The van der Waals surface area contributed by atoms with Crippen molar-refractivity contribution >= 4 is 67.8 Å². The first-order chi connectivity index (χ1) is 3.56. The Balaban J connectivity index is 3.52. The number of methoxy groups -OCH3 is 1. The van der Waals surface area contributed by atoms with Crippen LogP contribution < -0.4 is 0 Å². The van der Waals surface area contributed by atoms with Gasteiger partial charge in [0.25, 0.3) is 0 Å². The first-order valence-electron chi connectivity index (χ1n) is 1.83. The normalized spacial score (nSPS) is 12.5. The van der Waals surface area contributed by atoms with Crippen LogP contribution >= 0.6 is 67.8 Å². The topological polar surface area (TPSA) is 9.23 Å². The third-order valence-corrected chi connectivity index (χ3v) is 1.47. The Bertz CT molecular complexity index is 83.8. The molecule has 0 rings (SSSR count). The van der Waals surface area contributed by atoms with Gasteiger partial charge in [0.1, 0.15) is -0.565 Å². The minimum atomic E-state index is 0.156. The Morgan fingerprint density at radius 1 is 1.38 bits per heavy atom. The molecule has 0 saturated carbocycles. The van der Waals surface area contributed by atoms with Crippen molar-refractivity contribution in [3.63, 3.8) is 0 Å². The van der Waals surface area contributed by atoms with Crippen LogP contribution in [0.1, 0.15) is 0 Å². The van der Waals surface area contributed by atoms with Crippen molar-refractivity contribution in [3.05, 3.63) is 12.3 Å². The Kier molecular flexibility index (Phi) is 5.51. The van der Waals surface area contributed by atoms with Crippen LogP contribution in [0.4, 0.5) is 0 Å². The second kappa shape index (κ2) is 4.53. The van der Waals surface area contributed by atoms with Crippen LogP contribution in [0.15, 0.2) is 12.3 Å². The van der Waals surface area contributed by atoms with Gasteiger partial charge in [0.05, 0.1) is 13.4 Å². The number of rotatable bonds is 2. The molecular formula is C4H5I3O. The van der Waals surface area contributed by atoms with E-state index in [0.29, 0.717) is 0 Å². The van der Waals surface area contributed by atoms with Gasteiger partial charge < -0.3 is 4.74 Å². The van der Waals surface area contributed by atoms with Gasteiger partial charge in [0.2, 0.25) is 0 Å². The molecule has 1 nitrogen and oxygen atoms in total. The van der Waals surface area contributed by atoms with Crippen molar-refractivity contribution < 1.29 is 4.74 Å². The standard InChI is InChI=1S/C4H5I3O/c1-8-3-2-4(5,6)7/h2-3H,1H3. The Hall–Kier alpha value is 1.73. The van der Waals surface area contributed by atoms with E-state index in [1.807, 2.05) is 6.08 Å². The summed E-state index contributed by atoms with van der Waals surface area (Å²) in [6.07, 6.45) is 3.67. The highest BCUT2D eigenvalue weighted by Crippen LogP contribution is 2.36. The summed E-state index contributed by atoms with van der Waals surface area (Å²) in [5, 5.41) is 0. The number of alkyl halides is 3. The molecule has 0 aliphatic heterocycles. The van der Waals surface area contributed by atoms with Crippen LogP contribution in [0.5, 0.6) is 0 Å². The number of halogens is 3. The highest BCUT2D eigenvalue weighted by Gasteiger charge is 2.10. The maximum absolute atomic E-state index is 4.72. The third kappa shape index (κ3) is 7.73. The Morgan fingerprint density at radius 2 is 1.88 bits per heavy atom. The summed E-state index contributed by atoms with van der Waals surface area (Å²) in [5.74, 6) is 0. The van der Waals surface area contributed by atoms with Gasteiger partial charge >= 0.3 is 0 Å². The van der Waals surface area contributed by atoms with E-state index in [9.17, 15) is 0 Å². The molecule has 0 aliphatic carbocycles. The zero-order valence-electron chi connectivity index (χ0n) is 4.20. The molecular weight excluding hydrogens is 445 g/mol. The van der Waals surface area contributed by atoms with Crippen LogP contribution in [-0.4, -0.2) is 6.54 Å². The largest absolute Gasteiger partial charge is 0.505 e. The van der Waals surface area contributed by atoms with Gasteiger partial charge in [-0.15, -0.1) is 0 Å². The summed E-state index contributed by atoms with van der Waals surface area (Å²) < 4.78 is 4.88. The molecule has 4 heteroatoms. The number of hydrogen-bond acceptors (Lipinski definition) is 1. The highest BCUT2D eigenvalue weighted by molar-refractivity contribution is 14.3. The first kappa shape index (κ1) is 9.73. The average molecular weight is 450 g/mol. The fourth-order valence-electron chi connectivity index (χ4n) is 0.145. The van der Waals surface area contributed by atoms with Crippen LogP contribution in [0.2, 0.25) is 0 Å². The lowest BCUT2D eigenvalue weighted by Crippen LogP contribution is -1.89. The lowest BCUT2D eigenvalue weighted by Gasteiger charge is -2.02. The fourth-order valence-corrected chi connectivity index (χ4v) is 0.586. The van der Waals surface area contributed by atoms with Crippen LogP contribution in [0.25, 0.3) is 0 Å². The SMILES string of the molecule is COC=CC(I)(I)I. The molecule has 0 aromatic heterocycles. The van der Waals surface area contributed by atoms with Gasteiger partial charge in [0, 0.05) is 0 Å². The summed E-state index contributed by atoms with van der Waals surface area (Å²) in [7, 11) is 1.64. The molecule has 0 radical (unpaired) electrons. The predicted octanol–water partition coefficient (Wildman–Crippen LogP) is 3.11. The minimum Gasteiger partial charge on any atom is -0.505 e. The molecule has 0 aromatic rings. The van der Waals surface area contributed by atoms with Gasteiger partial charge in [-0.2, -0.15) is 0 Å². The summed E-state index contributed by atoms with van der Waals surface area (Å²) in [6, 6.07) is 0. The van der Waals surface area contributed by atoms with Gasteiger partial charge in [-0.05, 0) is 6.08 Å². The molecule has 0 N–H and O–H groups in total. The van der Waals surface area contributed by atoms with E-state index in [4.69, 9.17) is 4.74 Å². The molecule has 0 fully saturated rings. The van der Waals surface area contributed by atoms with Gasteiger partial charge in [0.15, 0.2) is 0 Å². The van der Waals surface area contributed by atoms with Crippen LogP contribution in [-0.2, 0) is 4.74 Å². The van der Waals surface area contributed by atoms with E-state index < -0.39 is 0 Å². The van der Waals surface area contributed by atoms with Crippen LogP contribution in [0.3, 0.4) is 0 Å². The van der Waals surface area contributed by atoms with Crippen molar-refractivity contribution in [1.82, 2.24) is 0 Å². The molecule has 8 heavy (non-hydrogen) atoms. The van der Waals surface area contributed by atoms with Crippen LogP contribution in [0, 0.1) is 0 Å². The maximum atomic E-state index is 4.72. The van der Waals surface area contributed by atoms with E-state index in [-0.39, 0.29) is -0.565 Å². The third-order valence-electron chi connectivity index (χ3n) is 0.393. The molecule has 0 atom stereocenters. The second-order valence-corrected chi connectivity index (χ2v) is 12.4. The molecule has 0 aliphatic rings. The molecule has 0 aromatic carbocycles. The molecule has 0 heterocycles. The van der Waals surface area contributed by atoms with E-state index in [1.165, 1.54) is 0 Å². The van der Waals surface area contributed by atoms with E-state index in [1.54, 1.807) is 13.4 Å². The van der Waals surface area contributed by atoms with Gasteiger partial charge in [-0.1, -0.05) is 67.8 Å². The summed E-state index contributed by atoms with van der Waals surface area (Å²) in [5.41, 5.74) is 0. The van der Waals surface area contributed by atoms with E-state index >= 15 is 0 Å². The van der Waals surface area contributed by atoms with Gasteiger partial charge in [-0.25, -0.2) is 0 Å². The lowest BCUT2D eigenvalue weighted by molar-refractivity contribution is 0.337. The molecule has 48 valence electrons. The minimum absolute atomic E-state index is 0.156. The first-order valence-corrected chi connectivity index (χ1v) is 5.07. The predicted molar refractivity (Wildman–Crippen MR) is 60.9 cm³/mol. The zero-order chi connectivity index (χ0) is 6.62. The van der Waals surface area contributed by atoms with Crippen molar-refractivity contribution in [2.45, 2.75) is -0.565 Å². The number of hydrogen-bond donors (Lipinski definition) is 0. The van der Waals surface area contributed by atoms with Crippen molar-refractivity contribution in [2.75, 3.05) is 7.11 Å². The molecule has 0 spiro atoms. The quantitative estimate of drug-likeness (QED) is 0.358. The summed E-state index contributed by atoms with van der Waals surface area (Å²) in [4.78, 5) is 0. The smallest absolute Gasteiger partial charge is 0.145 e. The highest BCUT2D eigenvalue weighted by atomic mass is 127. The van der Waals surface area contributed by atoms with E-state index in [0.717, 1.165) is 0 Å². The summed E-state index contributed by atoms with van der Waals surface area (Å²) >= 11 is 6.92. The molecule has 0 unspecified atom stereocenters. The van der Waals surface area contributed by atoms with Crippen molar-refractivity contribution in [1.29, 1.82) is 0 Å². The monoisotopic (exact) mass is 450 g/mol. The Morgan fingerprint density at radius 3 is 2.00 bits per heavy atom. The Labute approximate surface area is 90.0 Å². The zero-order valence-corrected chi connectivity index (χ0v) is 10.7. The molecule has 0 amide bonds. The van der Waals surface area contributed by atoms with Crippen molar-refractivity contribution in [2.24, 2.45) is 0 Å². The molecule has 0 saturated heterocycles. The fraction of sp³-hybridized carbons (Fsp3) is 0.500. The maximum Gasteiger partial charge on any atom is 0.145 e. The number of ether oxygens (including phenoxy) is 1. The molecule has 0 bridgehead atoms. The number of allylic oxidation sites excluding steroid dienone is 1.